The molecule has 0 aromatic heterocycles. The van der Waals surface area contributed by atoms with Gasteiger partial charge in [0.15, 0.2) is 5.78 Å². The van der Waals surface area contributed by atoms with Crippen LogP contribution in [0.4, 0.5) is 0 Å². The van der Waals surface area contributed by atoms with E-state index in [9.17, 15) is 18.0 Å². The molecule has 0 radical (unpaired) electrons. The van der Waals surface area contributed by atoms with Crippen molar-refractivity contribution in [3.8, 4) is 0 Å². The molecular formula is C14H17NO5S. The number of aliphatic carboxylic acids is 1. The second kappa shape index (κ2) is 5.57. The van der Waals surface area contributed by atoms with E-state index >= 15 is 0 Å². The van der Waals surface area contributed by atoms with Crippen molar-refractivity contribution in [2.75, 3.05) is 13.1 Å². The summed E-state index contributed by atoms with van der Waals surface area (Å²) in [7, 11) is -3.61. The molecule has 1 aromatic carbocycles. The van der Waals surface area contributed by atoms with Gasteiger partial charge < -0.3 is 5.11 Å². The highest BCUT2D eigenvalue weighted by atomic mass is 32.2. The first-order valence-corrected chi connectivity index (χ1v) is 8.01. The fourth-order valence-corrected chi connectivity index (χ4v) is 3.75. The van der Waals surface area contributed by atoms with Gasteiger partial charge in [0, 0.05) is 18.7 Å². The molecule has 1 aromatic rings. The topological polar surface area (TPSA) is 91.8 Å². The molecule has 1 N–H and O–H groups in total. The number of sulfonamides is 1. The second-order valence-electron chi connectivity index (χ2n) is 5.29. The Bertz CT molecular complexity index is 659. The quantitative estimate of drug-likeness (QED) is 0.826. The van der Waals surface area contributed by atoms with Crippen LogP contribution < -0.4 is 0 Å². The maximum Gasteiger partial charge on any atom is 0.306 e. The van der Waals surface area contributed by atoms with Crippen LogP contribution in [0.25, 0.3) is 0 Å². The van der Waals surface area contributed by atoms with Crippen molar-refractivity contribution in [3.05, 3.63) is 29.8 Å². The van der Waals surface area contributed by atoms with Gasteiger partial charge in [-0.2, -0.15) is 4.31 Å². The lowest BCUT2D eigenvalue weighted by molar-refractivity contribution is -0.144. The Kier molecular flexibility index (Phi) is 4.15. The van der Waals surface area contributed by atoms with E-state index in [0.29, 0.717) is 5.56 Å². The minimum absolute atomic E-state index is 0.119. The largest absolute Gasteiger partial charge is 0.481 e. The van der Waals surface area contributed by atoms with Gasteiger partial charge in [0.2, 0.25) is 10.0 Å². The van der Waals surface area contributed by atoms with Crippen LogP contribution in [0.2, 0.25) is 0 Å². The zero-order valence-electron chi connectivity index (χ0n) is 11.8. The average molecular weight is 311 g/mol. The third-order valence-electron chi connectivity index (χ3n) is 3.87. The molecule has 1 fully saturated rings. The molecule has 1 heterocycles. The summed E-state index contributed by atoms with van der Waals surface area (Å²) in [6.07, 6.45) is 0. The number of ketones is 1. The first kappa shape index (κ1) is 15.7. The summed E-state index contributed by atoms with van der Waals surface area (Å²) in [5, 5.41) is 8.91. The van der Waals surface area contributed by atoms with Gasteiger partial charge in [-0.25, -0.2) is 8.42 Å². The molecule has 1 unspecified atom stereocenters. The molecule has 0 amide bonds. The van der Waals surface area contributed by atoms with Crippen LogP contribution in [0.5, 0.6) is 0 Å². The standard InChI is InChI=1S/C14H17NO5S/c1-9(14(17)18)12-7-15(8-12)21(19,20)13-5-3-11(4-6-13)10(2)16/h3-6,9,12H,7-8H2,1-2H3,(H,17,18). The maximum absolute atomic E-state index is 12.3. The lowest BCUT2D eigenvalue weighted by Gasteiger charge is -2.39. The fraction of sp³-hybridized carbons (Fsp3) is 0.429. The van der Waals surface area contributed by atoms with Crippen LogP contribution in [0.1, 0.15) is 24.2 Å². The number of carboxylic acids is 1. The summed E-state index contributed by atoms with van der Waals surface area (Å²) in [5.41, 5.74) is 0.454. The Morgan fingerprint density at radius 1 is 1.24 bits per heavy atom. The van der Waals surface area contributed by atoms with E-state index in [0.717, 1.165) is 0 Å². The van der Waals surface area contributed by atoms with Gasteiger partial charge >= 0.3 is 5.97 Å². The summed E-state index contributed by atoms with van der Waals surface area (Å²) in [6.45, 7) is 3.42. The highest BCUT2D eigenvalue weighted by Crippen LogP contribution is 2.29. The molecular weight excluding hydrogens is 294 g/mol. The molecule has 0 bridgehead atoms. The highest BCUT2D eigenvalue weighted by Gasteiger charge is 2.41. The predicted octanol–water partition coefficient (Wildman–Crippen LogP) is 1.23. The van der Waals surface area contributed by atoms with Gasteiger partial charge in [-0.1, -0.05) is 19.1 Å². The smallest absolute Gasteiger partial charge is 0.306 e. The molecule has 1 aliphatic heterocycles. The van der Waals surface area contributed by atoms with E-state index in [4.69, 9.17) is 5.11 Å². The molecule has 0 saturated carbocycles. The zero-order valence-corrected chi connectivity index (χ0v) is 12.6. The van der Waals surface area contributed by atoms with Gasteiger partial charge in [0.1, 0.15) is 0 Å². The molecule has 1 atom stereocenters. The van der Waals surface area contributed by atoms with Crippen LogP contribution in [0.3, 0.4) is 0 Å². The van der Waals surface area contributed by atoms with Crippen LogP contribution in [0.15, 0.2) is 29.2 Å². The molecule has 114 valence electrons. The predicted molar refractivity (Wildman–Crippen MR) is 75.5 cm³/mol. The number of nitrogens with zero attached hydrogens (tertiary/aromatic N) is 1. The van der Waals surface area contributed by atoms with Crippen molar-refractivity contribution >= 4 is 21.8 Å². The van der Waals surface area contributed by atoms with Gasteiger partial charge in [0.05, 0.1) is 10.8 Å². The number of benzene rings is 1. The Morgan fingerprint density at radius 3 is 2.19 bits per heavy atom. The van der Waals surface area contributed by atoms with Crippen molar-refractivity contribution in [2.45, 2.75) is 18.7 Å². The third kappa shape index (κ3) is 2.98. The molecule has 7 heteroatoms. The van der Waals surface area contributed by atoms with E-state index in [2.05, 4.69) is 0 Å². The summed E-state index contributed by atoms with van der Waals surface area (Å²) in [4.78, 5) is 22.2. The fourth-order valence-electron chi connectivity index (χ4n) is 2.19. The molecule has 2 rings (SSSR count). The number of hydrogen-bond acceptors (Lipinski definition) is 4. The lowest BCUT2D eigenvalue weighted by Crippen LogP contribution is -2.53. The number of rotatable bonds is 5. The van der Waals surface area contributed by atoms with Crippen LogP contribution in [-0.4, -0.2) is 42.7 Å². The number of carbonyl (C=O) groups excluding carboxylic acids is 1. The van der Waals surface area contributed by atoms with Crippen molar-refractivity contribution in [3.63, 3.8) is 0 Å². The minimum Gasteiger partial charge on any atom is -0.481 e. The number of carboxylic acid groups (broad SMARTS) is 1. The summed E-state index contributed by atoms with van der Waals surface area (Å²) >= 11 is 0. The monoisotopic (exact) mass is 311 g/mol. The van der Waals surface area contributed by atoms with Crippen molar-refractivity contribution < 1.29 is 23.1 Å². The van der Waals surface area contributed by atoms with Crippen molar-refractivity contribution in [2.24, 2.45) is 11.8 Å². The summed E-state index contributed by atoms with van der Waals surface area (Å²) in [6, 6.07) is 5.76. The van der Waals surface area contributed by atoms with Crippen LogP contribution in [-0.2, 0) is 14.8 Å². The normalized spacial score (nSPS) is 18.0. The van der Waals surface area contributed by atoms with Gasteiger partial charge in [-0.3, -0.25) is 9.59 Å². The molecule has 21 heavy (non-hydrogen) atoms. The Hall–Kier alpha value is -1.73. The molecule has 6 nitrogen and oxygen atoms in total. The van der Waals surface area contributed by atoms with E-state index < -0.39 is 21.9 Å². The minimum atomic E-state index is -3.61. The number of Topliss-reactive ketones (excluding diaryl/α,β-unsaturated/α-hetero) is 1. The number of carbonyl (C=O) groups is 2. The second-order valence-corrected chi connectivity index (χ2v) is 7.23. The highest BCUT2D eigenvalue weighted by molar-refractivity contribution is 7.89. The lowest BCUT2D eigenvalue weighted by atomic mass is 9.89. The van der Waals surface area contributed by atoms with E-state index in [1.165, 1.54) is 35.5 Å². The van der Waals surface area contributed by atoms with Crippen LogP contribution >= 0.6 is 0 Å². The van der Waals surface area contributed by atoms with Crippen molar-refractivity contribution in [1.29, 1.82) is 0 Å². The third-order valence-corrected chi connectivity index (χ3v) is 5.72. The molecule has 1 saturated heterocycles. The Morgan fingerprint density at radius 2 is 1.76 bits per heavy atom. The first-order valence-electron chi connectivity index (χ1n) is 6.57. The van der Waals surface area contributed by atoms with E-state index in [-0.39, 0.29) is 29.7 Å². The average Bonchev–Trinajstić information content (AvgIpc) is 2.36. The van der Waals surface area contributed by atoms with Gasteiger partial charge in [0.25, 0.3) is 0 Å². The van der Waals surface area contributed by atoms with Crippen molar-refractivity contribution in [1.82, 2.24) is 4.31 Å². The SMILES string of the molecule is CC(=O)c1ccc(S(=O)(=O)N2CC(C(C)C(=O)O)C2)cc1. The molecule has 1 aliphatic rings. The summed E-state index contributed by atoms with van der Waals surface area (Å²) < 4.78 is 25.9. The Balaban J connectivity index is 2.10. The van der Waals surface area contributed by atoms with E-state index in [1.807, 2.05) is 0 Å². The number of hydrogen-bond donors (Lipinski definition) is 1. The molecule has 0 spiro atoms. The van der Waals surface area contributed by atoms with Gasteiger partial charge in [-0.05, 0) is 25.0 Å². The molecule has 0 aliphatic carbocycles. The van der Waals surface area contributed by atoms with Gasteiger partial charge in [-0.15, -0.1) is 0 Å². The van der Waals surface area contributed by atoms with Crippen LogP contribution in [0, 0.1) is 11.8 Å². The Labute approximate surface area is 123 Å². The first-order chi connectivity index (χ1) is 9.73. The van der Waals surface area contributed by atoms with E-state index in [1.54, 1.807) is 6.92 Å². The zero-order chi connectivity index (χ0) is 15.8. The summed E-state index contributed by atoms with van der Waals surface area (Å²) in [5.74, 6) is -1.76. The maximum atomic E-state index is 12.3.